The summed E-state index contributed by atoms with van der Waals surface area (Å²) < 4.78 is 25.1. The summed E-state index contributed by atoms with van der Waals surface area (Å²) in [5, 5.41) is 0. The minimum atomic E-state index is -0.790. The Bertz CT molecular complexity index is 959. The fourth-order valence-corrected chi connectivity index (χ4v) is 2.52. The van der Waals surface area contributed by atoms with Crippen molar-refractivity contribution < 1.29 is 23.1 Å². The summed E-state index contributed by atoms with van der Waals surface area (Å²) in [5.74, 6) is -1.08. The van der Waals surface area contributed by atoms with Crippen LogP contribution in [0.3, 0.4) is 0 Å². The Balaban J connectivity index is 1.55. The molecule has 0 aliphatic heterocycles. The third-order valence-corrected chi connectivity index (χ3v) is 3.97. The van der Waals surface area contributed by atoms with Crippen molar-refractivity contribution in [3.05, 3.63) is 88.0 Å². The lowest BCUT2D eigenvalue weighted by Crippen LogP contribution is -2.41. The number of hydrazine groups is 1. The number of furan rings is 1. The highest BCUT2D eigenvalue weighted by molar-refractivity contribution is 9.10. The number of carbonyl (C=O) groups is 2. The summed E-state index contributed by atoms with van der Waals surface area (Å²) in [4.78, 5) is 24.0. The number of benzene rings is 2. The van der Waals surface area contributed by atoms with Gasteiger partial charge in [0.25, 0.3) is 5.91 Å². The fourth-order valence-electron chi connectivity index (χ4n) is 2.16. The Morgan fingerprint density at radius 2 is 1.74 bits per heavy atom. The van der Waals surface area contributed by atoms with Crippen LogP contribution in [0.25, 0.3) is 0 Å². The van der Waals surface area contributed by atoms with Crippen LogP contribution in [0, 0.1) is 5.82 Å². The summed E-state index contributed by atoms with van der Waals surface area (Å²) in [6.07, 6.45) is 0. The molecule has 138 valence electrons. The molecule has 0 bridgehead atoms. The molecule has 0 aliphatic carbocycles. The summed E-state index contributed by atoms with van der Waals surface area (Å²) in [6, 6.07) is 16.1. The van der Waals surface area contributed by atoms with Crippen molar-refractivity contribution >= 4 is 27.7 Å². The summed E-state index contributed by atoms with van der Waals surface area (Å²) >= 11 is 3.15. The largest absolute Gasteiger partial charge is 0.486 e. The molecule has 0 saturated carbocycles. The molecule has 6 nitrogen and oxygen atoms in total. The predicted molar refractivity (Wildman–Crippen MR) is 98.5 cm³/mol. The lowest BCUT2D eigenvalue weighted by Gasteiger charge is -2.07. The van der Waals surface area contributed by atoms with Gasteiger partial charge in [-0.1, -0.05) is 34.1 Å². The van der Waals surface area contributed by atoms with Gasteiger partial charge in [-0.3, -0.25) is 20.4 Å². The molecule has 0 saturated heterocycles. The Hall–Kier alpha value is -3.13. The second kappa shape index (κ2) is 8.50. The molecule has 3 rings (SSSR count). The van der Waals surface area contributed by atoms with E-state index in [0.29, 0.717) is 16.0 Å². The molecule has 0 unspecified atom stereocenters. The number of rotatable bonds is 5. The zero-order valence-corrected chi connectivity index (χ0v) is 15.5. The fraction of sp³-hybridized carbons (Fsp3) is 0.0526. The van der Waals surface area contributed by atoms with Crippen LogP contribution < -0.4 is 15.6 Å². The molecule has 0 atom stereocenters. The molecule has 2 N–H and O–H groups in total. The van der Waals surface area contributed by atoms with Gasteiger partial charge in [0, 0.05) is 4.47 Å². The van der Waals surface area contributed by atoms with E-state index >= 15 is 0 Å². The van der Waals surface area contributed by atoms with Gasteiger partial charge >= 0.3 is 5.91 Å². The molecule has 0 radical (unpaired) electrons. The molecule has 1 aromatic heterocycles. The number of hydrogen-bond donors (Lipinski definition) is 2. The van der Waals surface area contributed by atoms with E-state index in [9.17, 15) is 14.0 Å². The van der Waals surface area contributed by atoms with Crippen LogP contribution in [-0.2, 0) is 6.61 Å². The van der Waals surface area contributed by atoms with Gasteiger partial charge in [0.05, 0.1) is 5.56 Å². The van der Waals surface area contributed by atoms with E-state index in [1.165, 1.54) is 18.2 Å². The maximum Gasteiger partial charge on any atom is 0.305 e. The number of amides is 2. The van der Waals surface area contributed by atoms with Gasteiger partial charge in [-0.2, -0.15) is 0 Å². The van der Waals surface area contributed by atoms with Crippen LogP contribution in [0.1, 0.15) is 26.7 Å². The number of halogens is 2. The monoisotopic (exact) mass is 432 g/mol. The zero-order chi connectivity index (χ0) is 19.2. The molecule has 0 fully saturated rings. The van der Waals surface area contributed by atoms with Crippen LogP contribution in [0.2, 0.25) is 0 Å². The first-order valence-corrected chi connectivity index (χ1v) is 8.64. The van der Waals surface area contributed by atoms with Crippen molar-refractivity contribution in [3.8, 4) is 5.75 Å². The third kappa shape index (κ3) is 4.95. The minimum Gasteiger partial charge on any atom is -0.486 e. The van der Waals surface area contributed by atoms with E-state index in [4.69, 9.17) is 9.15 Å². The van der Waals surface area contributed by atoms with Crippen molar-refractivity contribution in [3.63, 3.8) is 0 Å². The van der Waals surface area contributed by atoms with E-state index < -0.39 is 17.6 Å². The molecular formula is C19H14BrFN2O4. The smallest absolute Gasteiger partial charge is 0.305 e. The lowest BCUT2D eigenvalue weighted by atomic mass is 10.2. The average Bonchev–Trinajstić information content (AvgIpc) is 3.16. The maximum atomic E-state index is 13.7. The van der Waals surface area contributed by atoms with Crippen molar-refractivity contribution in [1.82, 2.24) is 10.9 Å². The highest BCUT2D eigenvalue weighted by atomic mass is 79.9. The van der Waals surface area contributed by atoms with Crippen molar-refractivity contribution in [2.75, 3.05) is 0 Å². The zero-order valence-electron chi connectivity index (χ0n) is 13.9. The Morgan fingerprint density at radius 1 is 1.00 bits per heavy atom. The van der Waals surface area contributed by atoms with Crippen molar-refractivity contribution in [2.24, 2.45) is 0 Å². The third-order valence-electron chi connectivity index (χ3n) is 3.47. The van der Waals surface area contributed by atoms with Gasteiger partial charge in [0.1, 0.15) is 23.9 Å². The quantitative estimate of drug-likeness (QED) is 0.600. The van der Waals surface area contributed by atoms with E-state index in [2.05, 4.69) is 26.8 Å². The molecular weight excluding hydrogens is 419 g/mol. The van der Waals surface area contributed by atoms with Gasteiger partial charge in [-0.25, -0.2) is 4.39 Å². The normalized spacial score (nSPS) is 10.3. The van der Waals surface area contributed by atoms with Gasteiger partial charge in [-0.15, -0.1) is 0 Å². The van der Waals surface area contributed by atoms with Crippen LogP contribution in [0.15, 0.2) is 69.6 Å². The van der Waals surface area contributed by atoms with Gasteiger partial charge < -0.3 is 9.15 Å². The second-order valence-corrected chi connectivity index (χ2v) is 6.32. The van der Waals surface area contributed by atoms with Crippen LogP contribution >= 0.6 is 15.9 Å². The SMILES string of the molecule is O=C(NNC(=O)c1cc(Br)ccc1F)c1ccc(COc2ccccc2)o1. The highest BCUT2D eigenvalue weighted by Crippen LogP contribution is 2.16. The Kier molecular flexibility index (Phi) is 5.87. The van der Waals surface area contributed by atoms with Gasteiger partial charge in [0.15, 0.2) is 5.76 Å². The Labute approximate surface area is 162 Å². The molecule has 0 spiro atoms. The van der Waals surface area contributed by atoms with Crippen LogP contribution in [0.4, 0.5) is 4.39 Å². The molecule has 3 aromatic rings. The van der Waals surface area contributed by atoms with Crippen LogP contribution in [-0.4, -0.2) is 11.8 Å². The standard InChI is InChI=1S/C19H14BrFN2O4/c20-12-6-8-16(21)15(10-12)18(24)22-23-19(25)17-9-7-14(27-17)11-26-13-4-2-1-3-5-13/h1-10H,11H2,(H,22,24)(H,23,25). The van der Waals surface area contributed by atoms with E-state index in [1.54, 1.807) is 18.2 Å². The molecule has 2 amide bonds. The first-order valence-electron chi connectivity index (χ1n) is 7.85. The molecule has 27 heavy (non-hydrogen) atoms. The van der Waals surface area contributed by atoms with E-state index in [0.717, 1.165) is 6.07 Å². The summed E-state index contributed by atoms with van der Waals surface area (Å²) in [5.41, 5.74) is 4.11. The van der Waals surface area contributed by atoms with Gasteiger partial charge in [0.2, 0.25) is 0 Å². The number of ether oxygens (including phenoxy) is 1. The van der Waals surface area contributed by atoms with Crippen molar-refractivity contribution in [2.45, 2.75) is 6.61 Å². The molecule has 8 heteroatoms. The number of hydrogen-bond acceptors (Lipinski definition) is 4. The van der Waals surface area contributed by atoms with Crippen LogP contribution in [0.5, 0.6) is 5.75 Å². The first kappa shape index (κ1) is 18.7. The summed E-state index contributed by atoms with van der Waals surface area (Å²) in [7, 11) is 0. The molecule has 1 heterocycles. The van der Waals surface area contributed by atoms with E-state index in [1.807, 2.05) is 18.2 Å². The molecule has 0 aliphatic rings. The number of carbonyl (C=O) groups excluding carboxylic acids is 2. The highest BCUT2D eigenvalue weighted by Gasteiger charge is 2.16. The van der Waals surface area contributed by atoms with Gasteiger partial charge in [-0.05, 0) is 42.5 Å². The minimum absolute atomic E-state index is 0.0170. The average molecular weight is 433 g/mol. The molecule has 2 aromatic carbocycles. The Morgan fingerprint density at radius 3 is 2.52 bits per heavy atom. The predicted octanol–water partition coefficient (Wildman–Crippen LogP) is 3.84. The second-order valence-electron chi connectivity index (χ2n) is 5.40. The topological polar surface area (TPSA) is 80.6 Å². The van der Waals surface area contributed by atoms with Crippen molar-refractivity contribution in [1.29, 1.82) is 0 Å². The number of nitrogens with one attached hydrogen (secondary N) is 2. The number of para-hydroxylation sites is 1. The summed E-state index contributed by atoms with van der Waals surface area (Å²) in [6.45, 7) is 0.146. The maximum absolute atomic E-state index is 13.7. The lowest BCUT2D eigenvalue weighted by molar-refractivity contribution is 0.0826. The first-order chi connectivity index (χ1) is 13.0. The van der Waals surface area contributed by atoms with E-state index in [-0.39, 0.29) is 17.9 Å².